The molecule has 2 atom stereocenters. The smallest absolute Gasteiger partial charge is 0.224 e. The van der Waals surface area contributed by atoms with Crippen LogP contribution in [-0.2, 0) is 23.5 Å². The summed E-state index contributed by atoms with van der Waals surface area (Å²) in [4.78, 5) is 13.1. The van der Waals surface area contributed by atoms with Crippen LogP contribution in [0.2, 0.25) is 5.28 Å². The number of nitrogen functional groups attached to an aromatic ring is 1. The largest absolute Gasteiger partial charge is 0.491 e. The fraction of sp³-hybridized carbons (Fsp3) is 0.333. The third-order valence-electron chi connectivity index (χ3n) is 6.72. The zero-order chi connectivity index (χ0) is 26.9. The van der Waals surface area contributed by atoms with Crippen LogP contribution in [0.5, 0.6) is 5.75 Å². The molecule has 0 bridgehead atoms. The number of halogens is 2. The number of aryl methyl sites for hydroxylation is 1. The summed E-state index contributed by atoms with van der Waals surface area (Å²) in [7, 11) is 0. The minimum atomic E-state index is -0.608. The van der Waals surface area contributed by atoms with Crippen LogP contribution >= 0.6 is 11.6 Å². The van der Waals surface area contributed by atoms with Gasteiger partial charge in [-0.25, -0.2) is 24.0 Å². The standard InChI is InChI=1S/C27H30ClFN8O.Fe/c1-16-33-15-37(36-16)22-10-7-19(30)13-23(22)38-12-11-27(2,31)14-32-25-21-9-8-20(24(21)34-26(28)35-25)17-3-5-18(29)6-4-17;/h3-7,10,13,15,20H,8-9,11-12,14,30-31H2,1-2H3,(H,32,34,35);. The zero-order valence-electron chi connectivity index (χ0n) is 21.6. The molecular weight excluding hydrogens is 563 g/mol. The number of aromatic nitrogens is 5. The molecule has 1 aliphatic rings. The third kappa shape index (κ3) is 6.67. The van der Waals surface area contributed by atoms with Crippen LogP contribution in [-0.4, -0.2) is 43.4 Å². The maximum absolute atomic E-state index is 13.4. The number of rotatable bonds is 9. The summed E-state index contributed by atoms with van der Waals surface area (Å²) in [5.74, 6) is 1.73. The Morgan fingerprint density at radius 2 is 1.97 bits per heavy atom. The van der Waals surface area contributed by atoms with Gasteiger partial charge in [0.2, 0.25) is 5.28 Å². The van der Waals surface area contributed by atoms with Crippen molar-refractivity contribution >= 4 is 23.1 Å². The van der Waals surface area contributed by atoms with Crippen LogP contribution in [0.1, 0.15) is 48.3 Å². The predicted octanol–water partition coefficient (Wildman–Crippen LogP) is 4.41. The third-order valence-corrected chi connectivity index (χ3v) is 6.89. The van der Waals surface area contributed by atoms with E-state index >= 15 is 0 Å². The van der Waals surface area contributed by atoms with Crippen LogP contribution in [0.4, 0.5) is 15.9 Å². The Bertz CT molecular complexity index is 1450. The van der Waals surface area contributed by atoms with E-state index in [4.69, 9.17) is 27.8 Å². The molecule has 0 fully saturated rings. The van der Waals surface area contributed by atoms with E-state index in [2.05, 4.69) is 25.4 Å². The van der Waals surface area contributed by atoms with E-state index in [-0.39, 0.29) is 34.1 Å². The molecule has 2 heterocycles. The first-order chi connectivity index (χ1) is 18.2. The van der Waals surface area contributed by atoms with Crippen molar-refractivity contribution in [1.82, 2.24) is 24.7 Å². The first-order valence-corrected chi connectivity index (χ1v) is 12.8. The summed E-state index contributed by atoms with van der Waals surface area (Å²) >= 11 is 6.29. The van der Waals surface area contributed by atoms with Crippen LogP contribution in [0.25, 0.3) is 5.69 Å². The molecule has 0 radical (unpaired) electrons. The first kappa shape index (κ1) is 28.8. The van der Waals surface area contributed by atoms with Gasteiger partial charge in [0.15, 0.2) is 0 Å². The number of hydrogen-bond acceptors (Lipinski definition) is 8. The quantitative estimate of drug-likeness (QED) is 0.148. The molecule has 2 aromatic carbocycles. The Morgan fingerprint density at radius 3 is 2.69 bits per heavy atom. The fourth-order valence-electron chi connectivity index (χ4n) is 4.66. The first-order valence-electron chi connectivity index (χ1n) is 12.4. The van der Waals surface area contributed by atoms with E-state index in [9.17, 15) is 4.39 Å². The molecule has 1 aliphatic carbocycles. The summed E-state index contributed by atoms with van der Waals surface area (Å²) in [6.07, 6.45) is 3.84. The van der Waals surface area contributed by atoms with E-state index in [1.54, 1.807) is 35.3 Å². The molecule has 2 aromatic heterocycles. The maximum atomic E-state index is 13.4. The van der Waals surface area contributed by atoms with Crippen LogP contribution in [0.15, 0.2) is 48.8 Å². The molecule has 9 nitrogen and oxygen atoms in total. The van der Waals surface area contributed by atoms with Crippen LogP contribution < -0.4 is 21.5 Å². The molecule has 5 rings (SSSR count). The van der Waals surface area contributed by atoms with Crippen molar-refractivity contribution in [3.63, 3.8) is 0 Å². The molecule has 206 valence electrons. The van der Waals surface area contributed by atoms with Gasteiger partial charge in [0.05, 0.1) is 12.3 Å². The van der Waals surface area contributed by atoms with Gasteiger partial charge in [0.1, 0.15) is 35.2 Å². The van der Waals surface area contributed by atoms with Gasteiger partial charge in [-0.1, -0.05) is 12.1 Å². The summed E-state index contributed by atoms with van der Waals surface area (Å²) < 4.78 is 21.2. The number of anilines is 2. The van der Waals surface area contributed by atoms with Gasteiger partial charge in [-0.2, -0.15) is 5.10 Å². The Morgan fingerprint density at radius 1 is 1.21 bits per heavy atom. The molecule has 12 heteroatoms. The topological polar surface area (TPSA) is 130 Å². The van der Waals surface area contributed by atoms with Crippen molar-refractivity contribution in [1.29, 1.82) is 0 Å². The van der Waals surface area contributed by atoms with Gasteiger partial charge in [0.25, 0.3) is 0 Å². The van der Waals surface area contributed by atoms with Gasteiger partial charge in [0, 0.05) is 58.8 Å². The normalized spacial score (nSPS) is 15.8. The summed E-state index contributed by atoms with van der Waals surface area (Å²) in [5.41, 5.74) is 16.2. The number of benzene rings is 2. The number of fused-ring (bicyclic) bond motifs is 1. The second-order valence-electron chi connectivity index (χ2n) is 9.92. The molecule has 0 amide bonds. The summed E-state index contributed by atoms with van der Waals surface area (Å²) in [5, 5.41) is 7.92. The zero-order valence-corrected chi connectivity index (χ0v) is 23.5. The Balaban J connectivity index is 0.00000353. The number of hydrogen-bond donors (Lipinski definition) is 3. The number of nitrogens with two attached hydrogens (primary N) is 2. The summed E-state index contributed by atoms with van der Waals surface area (Å²) in [6.45, 7) is 4.59. The van der Waals surface area contributed by atoms with Crippen molar-refractivity contribution in [3.8, 4) is 11.4 Å². The molecule has 39 heavy (non-hydrogen) atoms. The van der Waals surface area contributed by atoms with Gasteiger partial charge in [-0.05, 0) is 68.1 Å². The van der Waals surface area contributed by atoms with Gasteiger partial charge < -0.3 is 21.5 Å². The van der Waals surface area contributed by atoms with E-state index in [1.165, 1.54) is 12.1 Å². The van der Waals surface area contributed by atoms with E-state index in [0.717, 1.165) is 35.3 Å². The van der Waals surface area contributed by atoms with Crippen molar-refractivity contribution in [2.45, 2.75) is 44.6 Å². The summed E-state index contributed by atoms with van der Waals surface area (Å²) in [6, 6.07) is 11.9. The second kappa shape index (κ2) is 11.9. The predicted molar refractivity (Wildman–Crippen MR) is 145 cm³/mol. The molecule has 0 saturated heterocycles. The molecule has 0 spiro atoms. The molecular formula is C27H30ClFFeN8O. The SMILES string of the molecule is Cc1ncn(-c2ccc(N)cc2OCCC(C)(N)CNc2nc(Cl)nc3c2CCC3c2ccc(F)cc2)n1.[Fe]. The van der Waals surface area contributed by atoms with Crippen molar-refractivity contribution in [3.05, 3.63) is 82.5 Å². The van der Waals surface area contributed by atoms with Crippen molar-refractivity contribution in [2.24, 2.45) is 5.73 Å². The van der Waals surface area contributed by atoms with Gasteiger partial charge in [-0.3, -0.25) is 0 Å². The number of nitrogens with zero attached hydrogens (tertiary/aromatic N) is 5. The monoisotopic (exact) mass is 592 g/mol. The molecule has 0 saturated carbocycles. The van der Waals surface area contributed by atoms with Gasteiger partial charge >= 0.3 is 0 Å². The maximum Gasteiger partial charge on any atom is 0.224 e. The van der Waals surface area contributed by atoms with E-state index < -0.39 is 5.54 Å². The Hall–Kier alpha value is -3.24. The molecule has 0 aliphatic heterocycles. The number of nitrogens with one attached hydrogen (secondary N) is 1. The van der Waals surface area contributed by atoms with E-state index in [1.807, 2.05) is 19.9 Å². The molecule has 4 aromatic rings. The molecule has 2 unspecified atom stereocenters. The van der Waals surface area contributed by atoms with Crippen LogP contribution in [0, 0.1) is 12.7 Å². The Labute approximate surface area is 242 Å². The van der Waals surface area contributed by atoms with Gasteiger partial charge in [-0.15, -0.1) is 0 Å². The molecule has 5 N–H and O–H groups in total. The Kier molecular flexibility index (Phi) is 8.76. The van der Waals surface area contributed by atoms with Crippen LogP contribution in [0.3, 0.4) is 0 Å². The van der Waals surface area contributed by atoms with E-state index in [0.29, 0.717) is 42.7 Å². The average molecular weight is 593 g/mol. The fourth-order valence-corrected chi connectivity index (χ4v) is 4.84. The average Bonchev–Trinajstić information content (AvgIpc) is 3.49. The minimum absolute atomic E-state index is 0. The van der Waals surface area contributed by atoms with Crippen molar-refractivity contribution < 1.29 is 26.2 Å². The minimum Gasteiger partial charge on any atom is -0.491 e. The van der Waals surface area contributed by atoms with Crippen molar-refractivity contribution in [2.75, 3.05) is 24.2 Å². The second-order valence-corrected chi connectivity index (χ2v) is 10.3. The number of ether oxygens (including phenoxy) is 1.